The smallest absolute Gasteiger partial charge is 0.230 e. The minimum absolute atomic E-state index is 0.108. The first-order valence-electron chi connectivity index (χ1n) is 4.77. The summed E-state index contributed by atoms with van der Waals surface area (Å²) < 4.78 is 1.65. The SMILES string of the molecule is CC(C(=O)NCc1cnn(C)c1)C(N)=NO. The molecule has 1 unspecified atom stereocenters. The van der Waals surface area contributed by atoms with Crippen LogP contribution in [0.1, 0.15) is 12.5 Å². The molecule has 1 rings (SSSR count). The lowest BCUT2D eigenvalue weighted by Crippen LogP contribution is -2.36. The van der Waals surface area contributed by atoms with E-state index in [4.69, 9.17) is 10.9 Å². The second kappa shape index (κ2) is 5.15. The van der Waals surface area contributed by atoms with Crippen LogP contribution in [0.15, 0.2) is 17.5 Å². The number of rotatable bonds is 4. The first kappa shape index (κ1) is 12.0. The number of nitrogens with zero attached hydrogens (tertiary/aromatic N) is 3. The Morgan fingerprint density at radius 2 is 2.50 bits per heavy atom. The summed E-state index contributed by atoms with van der Waals surface area (Å²) >= 11 is 0. The van der Waals surface area contributed by atoms with Crippen molar-refractivity contribution in [1.82, 2.24) is 15.1 Å². The minimum atomic E-state index is -0.651. The summed E-state index contributed by atoms with van der Waals surface area (Å²) in [6.45, 7) is 1.93. The van der Waals surface area contributed by atoms with E-state index in [9.17, 15) is 4.79 Å². The Bertz CT molecular complexity index is 398. The van der Waals surface area contributed by atoms with Gasteiger partial charge < -0.3 is 16.3 Å². The first-order chi connectivity index (χ1) is 7.54. The Kier molecular flexibility index (Phi) is 3.87. The number of aromatic nitrogens is 2. The Morgan fingerprint density at radius 1 is 1.81 bits per heavy atom. The molecule has 0 saturated carbocycles. The van der Waals surface area contributed by atoms with Crippen molar-refractivity contribution < 1.29 is 10.0 Å². The van der Waals surface area contributed by atoms with Crippen molar-refractivity contribution in [3.05, 3.63) is 18.0 Å². The molecule has 7 heteroatoms. The molecule has 0 radical (unpaired) electrons. The molecule has 0 aliphatic heterocycles. The van der Waals surface area contributed by atoms with Gasteiger partial charge in [-0.2, -0.15) is 5.10 Å². The van der Waals surface area contributed by atoms with E-state index in [1.807, 2.05) is 0 Å². The number of aryl methyl sites for hydroxylation is 1. The van der Waals surface area contributed by atoms with Gasteiger partial charge in [-0.15, -0.1) is 0 Å². The molecule has 0 aliphatic rings. The summed E-state index contributed by atoms with van der Waals surface area (Å²) in [5, 5.41) is 17.8. The molecule has 1 heterocycles. The molecular weight excluding hydrogens is 210 g/mol. The van der Waals surface area contributed by atoms with E-state index >= 15 is 0 Å². The monoisotopic (exact) mass is 225 g/mol. The second-order valence-corrected chi connectivity index (χ2v) is 3.49. The van der Waals surface area contributed by atoms with Crippen molar-refractivity contribution in [2.24, 2.45) is 23.9 Å². The summed E-state index contributed by atoms with van der Waals surface area (Å²) in [7, 11) is 1.80. The number of amidine groups is 1. The second-order valence-electron chi connectivity index (χ2n) is 3.49. The van der Waals surface area contributed by atoms with E-state index in [0.29, 0.717) is 6.54 Å². The third-order valence-electron chi connectivity index (χ3n) is 2.18. The van der Waals surface area contributed by atoms with Crippen molar-refractivity contribution in [2.45, 2.75) is 13.5 Å². The van der Waals surface area contributed by atoms with Crippen LogP contribution in [0, 0.1) is 5.92 Å². The van der Waals surface area contributed by atoms with E-state index in [0.717, 1.165) is 5.56 Å². The van der Waals surface area contributed by atoms with E-state index < -0.39 is 5.92 Å². The van der Waals surface area contributed by atoms with Crippen LogP contribution in [0.3, 0.4) is 0 Å². The number of carbonyl (C=O) groups excluding carboxylic acids is 1. The third kappa shape index (κ3) is 2.97. The van der Waals surface area contributed by atoms with Crippen LogP contribution in [0.4, 0.5) is 0 Å². The van der Waals surface area contributed by atoms with Gasteiger partial charge in [-0.25, -0.2) is 0 Å². The Morgan fingerprint density at radius 3 is 3.00 bits per heavy atom. The highest BCUT2D eigenvalue weighted by Gasteiger charge is 2.16. The van der Waals surface area contributed by atoms with Crippen LogP contribution in [-0.4, -0.2) is 26.7 Å². The molecule has 1 atom stereocenters. The zero-order valence-electron chi connectivity index (χ0n) is 9.21. The molecule has 0 aliphatic carbocycles. The number of hydrogen-bond acceptors (Lipinski definition) is 4. The predicted molar refractivity (Wildman–Crippen MR) is 57.6 cm³/mol. The van der Waals surface area contributed by atoms with Crippen molar-refractivity contribution >= 4 is 11.7 Å². The summed E-state index contributed by atoms with van der Waals surface area (Å²) in [6.07, 6.45) is 3.46. The molecule has 0 fully saturated rings. The highest BCUT2D eigenvalue weighted by atomic mass is 16.4. The van der Waals surface area contributed by atoms with Gasteiger partial charge in [0, 0.05) is 25.4 Å². The van der Waals surface area contributed by atoms with Crippen molar-refractivity contribution in [1.29, 1.82) is 0 Å². The molecule has 16 heavy (non-hydrogen) atoms. The number of nitrogens with one attached hydrogen (secondary N) is 1. The van der Waals surface area contributed by atoms with Crippen LogP contribution in [-0.2, 0) is 18.4 Å². The molecule has 1 aromatic rings. The molecule has 1 amide bonds. The van der Waals surface area contributed by atoms with E-state index in [1.54, 1.807) is 31.0 Å². The maximum Gasteiger partial charge on any atom is 0.230 e. The van der Waals surface area contributed by atoms with Crippen molar-refractivity contribution in [3.63, 3.8) is 0 Å². The normalized spacial score (nSPS) is 13.5. The lowest BCUT2D eigenvalue weighted by molar-refractivity contribution is -0.122. The van der Waals surface area contributed by atoms with Gasteiger partial charge in [-0.05, 0) is 6.92 Å². The van der Waals surface area contributed by atoms with Gasteiger partial charge in [0.25, 0.3) is 0 Å². The van der Waals surface area contributed by atoms with Crippen LogP contribution >= 0.6 is 0 Å². The van der Waals surface area contributed by atoms with Crippen LogP contribution in [0.5, 0.6) is 0 Å². The summed E-state index contributed by atoms with van der Waals surface area (Å²) in [4.78, 5) is 11.5. The summed E-state index contributed by atoms with van der Waals surface area (Å²) in [5.74, 6) is -1.05. The number of hydrogen-bond donors (Lipinski definition) is 3. The maximum atomic E-state index is 11.5. The maximum absolute atomic E-state index is 11.5. The molecular formula is C9H15N5O2. The molecule has 88 valence electrons. The molecule has 4 N–H and O–H groups in total. The van der Waals surface area contributed by atoms with Gasteiger partial charge in [0.15, 0.2) is 5.84 Å². The van der Waals surface area contributed by atoms with E-state index in [1.165, 1.54) is 0 Å². The molecule has 0 aromatic carbocycles. The van der Waals surface area contributed by atoms with Gasteiger partial charge in [0.1, 0.15) is 0 Å². The largest absolute Gasteiger partial charge is 0.409 e. The lowest BCUT2D eigenvalue weighted by atomic mass is 10.1. The molecule has 1 aromatic heterocycles. The Hall–Kier alpha value is -2.05. The number of carbonyl (C=O) groups is 1. The fraction of sp³-hybridized carbons (Fsp3) is 0.444. The Labute approximate surface area is 92.9 Å². The highest BCUT2D eigenvalue weighted by molar-refractivity contribution is 6.01. The molecule has 0 spiro atoms. The average Bonchev–Trinajstić information content (AvgIpc) is 2.69. The number of amides is 1. The zero-order valence-corrected chi connectivity index (χ0v) is 9.21. The highest BCUT2D eigenvalue weighted by Crippen LogP contribution is 1.98. The standard InChI is InChI=1S/C9H15N5O2/c1-6(8(10)13-16)9(15)11-3-7-4-12-14(2)5-7/h4-6,16H,3H2,1-2H3,(H2,10,13)(H,11,15). The van der Waals surface area contributed by atoms with Crippen molar-refractivity contribution in [2.75, 3.05) is 0 Å². The quantitative estimate of drug-likeness (QED) is 0.276. The fourth-order valence-electron chi connectivity index (χ4n) is 1.13. The number of nitrogens with two attached hydrogens (primary N) is 1. The van der Waals surface area contributed by atoms with Crippen LogP contribution in [0.2, 0.25) is 0 Å². The fourth-order valence-corrected chi connectivity index (χ4v) is 1.13. The average molecular weight is 225 g/mol. The minimum Gasteiger partial charge on any atom is -0.409 e. The van der Waals surface area contributed by atoms with Crippen LogP contribution < -0.4 is 11.1 Å². The van der Waals surface area contributed by atoms with Gasteiger partial charge in [0.2, 0.25) is 5.91 Å². The number of oxime groups is 1. The van der Waals surface area contributed by atoms with Gasteiger partial charge in [0.05, 0.1) is 12.1 Å². The third-order valence-corrected chi connectivity index (χ3v) is 2.18. The first-order valence-corrected chi connectivity index (χ1v) is 4.77. The summed E-state index contributed by atoms with van der Waals surface area (Å²) in [5.41, 5.74) is 6.20. The van der Waals surface area contributed by atoms with Gasteiger partial charge >= 0.3 is 0 Å². The zero-order chi connectivity index (χ0) is 12.1. The van der Waals surface area contributed by atoms with E-state index in [-0.39, 0.29) is 11.7 Å². The Balaban J connectivity index is 2.47. The molecule has 7 nitrogen and oxygen atoms in total. The molecule has 0 bridgehead atoms. The topological polar surface area (TPSA) is 106 Å². The molecule has 0 saturated heterocycles. The summed E-state index contributed by atoms with van der Waals surface area (Å²) in [6, 6.07) is 0. The van der Waals surface area contributed by atoms with Gasteiger partial charge in [-0.3, -0.25) is 9.48 Å². The predicted octanol–water partition coefficient (Wildman–Crippen LogP) is -0.581. The van der Waals surface area contributed by atoms with Gasteiger partial charge in [-0.1, -0.05) is 5.16 Å². The van der Waals surface area contributed by atoms with Crippen molar-refractivity contribution in [3.8, 4) is 0 Å². The van der Waals surface area contributed by atoms with Crippen LogP contribution in [0.25, 0.3) is 0 Å². The lowest BCUT2D eigenvalue weighted by Gasteiger charge is -2.09. The van der Waals surface area contributed by atoms with E-state index in [2.05, 4.69) is 15.6 Å².